The van der Waals surface area contributed by atoms with Crippen molar-refractivity contribution in [3.05, 3.63) is 65.3 Å². The van der Waals surface area contributed by atoms with Gasteiger partial charge in [-0.1, -0.05) is 23.7 Å². The monoisotopic (exact) mass is 459 g/mol. The van der Waals surface area contributed by atoms with Crippen LogP contribution >= 0.6 is 11.6 Å². The number of hydrogen-bond acceptors (Lipinski definition) is 3. The summed E-state index contributed by atoms with van der Waals surface area (Å²) < 4.78 is 29.1. The van der Waals surface area contributed by atoms with Crippen molar-refractivity contribution < 1.29 is 13.2 Å². The molecular formula is C23H26ClN3O3S. The SMILES string of the molecule is O=C(CCn1ccc2cc(S(=O)(=O)N3CCCC3)ccc21)NCCc1ccc(Cl)cc1. The second-order valence-electron chi connectivity index (χ2n) is 7.82. The van der Waals surface area contributed by atoms with Crippen LogP contribution in [0, 0.1) is 0 Å². The molecule has 1 aromatic heterocycles. The number of nitrogens with zero attached hydrogens (tertiary/aromatic N) is 2. The van der Waals surface area contributed by atoms with Crippen LogP contribution in [0.5, 0.6) is 0 Å². The van der Waals surface area contributed by atoms with E-state index in [1.54, 1.807) is 16.4 Å². The molecule has 6 nitrogen and oxygen atoms in total. The molecule has 3 aromatic rings. The van der Waals surface area contributed by atoms with Gasteiger partial charge < -0.3 is 9.88 Å². The van der Waals surface area contributed by atoms with E-state index in [1.807, 2.05) is 47.2 Å². The highest BCUT2D eigenvalue weighted by molar-refractivity contribution is 7.89. The number of benzene rings is 2. The molecule has 0 unspecified atom stereocenters. The van der Waals surface area contributed by atoms with Gasteiger partial charge in [0.2, 0.25) is 15.9 Å². The van der Waals surface area contributed by atoms with E-state index < -0.39 is 10.0 Å². The highest BCUT2D eigenvalue weighted by atomic mass is 35.5. The zero-order valence-corrected chi connectivity index (χ0v) is 18.8. The molecule has 164 valence electrons. The van der Waals surface area contributed by atoms with E-state index in [4.69, 9.17) is 11.6 Å². The zero-order valence-electron chi connectivity index (χ0n) is 17.3. The van der Waals surface area contributed by atoms with Crippen LogP contribution in [0.15, 0.2) is 59.6 Å². The predicted octanol–water partition coefficient (Wildman–Crippen LogP) is 3.83. The third-order valence-corrected chi connectivity index (χ3v) is 7.82. The van der Waals surface area contributed by atoms with E-state index in [1.165, 1.54) is 0 Å². The highest BCUT2D eigenvalue weighted by Crippen LogP contribution is 2.25. The Bertz CT molecular complexity index is 1170. The third-order valence-electron chi connectivity index (χ3n) is 5.67. The first kappa shape index (κ1) is 21.9. The summed E-state index contributed by atoms with van der Waals surface area (Å²) in [5.41, 5.74) is 2.05. The molecule has 1 saturated heterocycles. The van der Waals surface area contributed by atoms with Crippen molar-refractivity contribution in [2.24, 2.45) is 0 Å². The molecule has 1 N–H and O–H groups in total. The lowest BCUT2D eigenvalue weighted by atomic mass is 10.1. The van der Waals surface area contributed by atoms with Crippen LogP contribution in [0.25, 0.3) is 10.9 Å². The Kier molecular flexibility index (Phi) is 6.65. The minimum absolute atomic E-state index is 0.0101. The lowest BCUT2D eigenvalue weighted by molar-refractivity contribution is -0.121. The van der Waals surface area contributed by atoms with Crippen molar-refractivity contribution >= 4 is 38.4 Å². The Hall–Kier alpha value is -2.35. The van der Waals surface area contributed by atoms with Crippen LogP contribution in [0.3, 0.4) is 0 Å². The summed E-state index contributed by atoms with van der Waals surface area (Å²) in [6, 6.07) is 14.7. The number of aryl methyl sites for hydroxylation is 1. The maximum atomic E-state index is 12.8. The summed E-state index contributed by atoms with van der Waals surface area (Å²) >= 11 is 5.88. The van der Waals surface area contributed by atoms with Crippen LogP contribution in [0.1, 0.15) is 24.8 Å². The predicted molar refractivity (Wildman–Crippen MR) is 123 cm³/mol. The fraction of sp³-hybridized carbons (Fsp3) is 0.348. The Morgan fingerprint density at radius 2 is 1.77 bits per heavy atom. The highest BCUT2D eigenvalue weighted by Gasteiger charge is 2.27. The normalized spacial score (nSPS) is 14.9. The molecule has 1 amide bonds. The Labute approximate surface area is 187 Å². The van der Waals surface area contributed by atoms with Gasteiger partial charge in [-0.15, -0.1) is 0 Å². The summed E-state index contributed by atoms with van der Waals surface area (Å²) in [6.07, 6.45) is 4.85. The average Bonchev–Trinajstić information content (AvgIpc) is 3.44. The number of nitrogens with one attached hydrogen (secondary N) is 1. The summed E-state index contributed by atoms with van der Waals surface area (Å²) in [7, 11) is -3.43. The van der Waals surface area contributed by atoms with Gasteiger partial charge in [-0.25, -0.2) is 8.42 Å². The lowest BCUT2D eigenvalue weighted by Gasteiger charge is -2.15. The molecule has 0 aliphatic carbocycles. The van der Waals surface area contributed by atoms with Gasteiger partial charge >= 0.3 is 0 Å². The molecule has 1 aliphatic heterocycles. The van der Waals surface area contributed by atoms with Crippen molar-refractivity contribution in [2.45, 2.75) is 37.1 Å². The van der Waals surface area contributed by atoms with E-state index in [9.17, 15) is 13.2 Å². The minimum atomic E-state index is -3.43. The minimum Gasteiger partial charge on any atom is -0.356 e. The molecule has 0 saturated carbocycles. The number of carbonyl (C=O) groups excluding carboxylic acids is 1. The topological polar surface area (TPSA) is 71.4 Å². The molecule has 2 heterocycles. The Morgan fingerprint density at radius 1 is 1.03 bits per heavy atom. The van der Waals surface area contributed by atoms with E-state index in [-0.39, 0.29) is 5.91 Å². The van der Waals surface area contributed by atoms with Crippen LogP contribution in [-0.4, -0.2) is 42.8 Å². The average molecular weight is 460 g/mol. The molecule has 1 fully saturated rings. The molecule has 31 heavy (non-hydrogen) atoms. The van der Waals surface area contributed by atoms with Gasteiger partial charge in [0.05, 0.1) is 4.90 Å². The molecule has 0 radical (unpaired) electrons. The second-order valence-corrected chi connectivity index (χ2v) is 10.2. The van der Waals surface area contributed by atoms with Gasteiger partial charge in [0.15, 0.2) is 0 Å². The van der Waals surface area contributed by atoms with Gasteiger partial charge in [0, 0.05) is 54.7 Å². The summed E-state index contributed by atoms with van der Waals surface area (Å²) in [5, 5.41) is 4.51. The molecule has 8 heteroatoms. The number of amides is 1. The molecule has 2 aromatic carbocycles. The van der Waals surface area contributed by atoms with Crippen LogP contribution < -0.4 is 5.32 Å². The number of aromatic nitrogens is 1. The van der Waals surface area contributed by atoms with E-state index in [2.05, 4.69) is 5.32 Å². The smallest absolute Gasteiger partial charge is 0.243 e. The summed E-state index contributed by atoms with van der Waals surface area (Å²) in [5.74, 6) is -0.0101. The number of carbonyl (C=O) groups is 1. The molecule has 0 bridgehead atoms. The van der Waals surface area contributed by atoms with Crippen LogP contribution in [0.2, 0.25) is 5.02 Å². The van der Waals surface area contributed by atoms with E-state index in [0.717, 1.165) is 35.7 Å². The maximum absolute atomic E-state index is 12.8. The number of rotatable bonds is 8. The molecule has 0 atom stereocenters. The maximum Gasteiger partial charge on any atom is 0.243 e. The second kappa shape index (κ2) is 9.42. The van der Waals surface area contributed by atoms with Gasteiger partial charge in [-0.05, 0) is 61.2 Å². The largest absolute Gasteiger partial charge is 0.356 e. The first-order valence-corrected chi connectivity index (χ1v) is 12.4. The third kappa shape index (κ3) is 5.11. The van der Waals surface area contributed by atoms with E-state index in [0.29, 0.717) is 42.5 Å². The van der Waals surface area contributed by atoms with Gasteiger partial charge in [-0.3, -0.25) is 4.79 Å². The fourth-order valence-corrected chi connectivity index (χ4v) is 5.60. The summed E-state index contributed by atoms with van der Waals surface area (Å²) in [4.78, 5) is 12.6. The number of halogens is 1. The van der Waals surface area contributed by atoms with Crippen molar-refractivity contribution in [3.63, 3.8) is 0 Å². The van der Waals surface area contributed by atoms with E-state index >= 15 is 0 Å². The van der Waals surface area contributed by atoms with Crippen molar-refractivity contribution in [2.75, 3.05) is 19.6 Å². The molecule has 0 spiro atoms. The Balaban J connectivity index is 1.33. The zero-order chi connectivity index (χ0) is 21.8. The standard InChI is InChI=1S/C23H26ClN3O3S/c24-20-5-3-18(4-6-20)9-12-25-23(28)11-16-26-15-10-19-17-21(7-8-22(19)26)31(29,30)27-13-1-2-14-27/h3-8,10,15,17H,1-2,9,11-14,16H2,(H,25,28). The van der Waals surface area contributed by atoms with Gasteiger partial charge in [0.1, 0.15) is 0 Å². The summed E-state index contributed by atoms with van der Waals surface area (Å²) in [6.45, 7) is 2.29. The van der Waals surface area contributed by atoms with Gasteiger partial charge in [0.25, 0.3) is 0 Å². The number of fused-ring (bicyclic) bond motifs is 1. The van der Waals surface area contributed by atoms with Gasteiger partial charge in [-0.2, -0.15) is 4.31 Å². The molecule has 1 aliphatic rings. The number of sulfonamides is 1. The first-order valence-electron chi connectivity index (χ1n) is 10.5. The van der Waals surface area contributed by atoms with Crippen LogP contribution in [0.4, 0.5) is 0 Å². The fourth-order valence-electron chi connectivity index (χ4n) is 3.92. The first-order chi connectivity index (χ1) is 14.9. The van der Waals surface area contributed by atoms with Crippen molar-refractivity contribution in [1.29, 1.82) is 0 Å². The molecular weight excluding hydrogens is 434 g/mol. The Morgan fingerprint density at radius 3 is 2.52 bits per heavy atom. The van der Waals surface area contributed by atoms with Crippen LogP contribution in [-0.2, 0) is 27.8 Å². The molecule has 4 rings (SSSR count). The van der Waals surface area contributed by atoms with Crippen molar-refractivity contribution in [1.82, 2.24) is 14.2 Å². The quantitative estimate of drug-likeness (QED) is 0.556. The number of hydrogen-bond donors (Lipinski definition) is 1. The lowest BCUT2D eigenvalue weighted by Crippen LogP contribution is -2.27. The van der Waals surface area contributed by atoms with Crippen molar-refractivity contribution in [3.8, 4) is 0 Å².